The average molecular weight is 344 g/mol. The maximum absolute atomic E-state index is 6.50. The molecule has 0 saturated carbocycles. The van der Waals surface area contributed by atoms with Gasteiger partial charge in [0, 0.05) is 28.6 Å². The first-order valence-corrected chi connectivity index (χ1v) is 7.29. The zero-order chi connectivity index (χ0) is 21.5. The highest BCUT2D eigenvalue weighted by Crippen LogP contribution is 1.54. The minimum absolute atomic E-state index is 0.167. The second-order valence-electron chi connectivity index (χ2n) is 5.68. The Hall–Kier alpha value is -2.18. The van der Waals surface area contributed by atoms with E-state index in [-0.39, 0.29) is 5.84 Å². The first-order valence-electron chi connectivity index (χ1n) is 7.29. The second-order valence-corrected chi connectivity index (χ2v) is 5.68. The van der Waals surface area contributed by atoms with E-state index in [1.165, 1.54) is 6.92 Å². The van der Waals surface area contributed by atoms with Gasteiger partial charge < -0.3 is 32.8 Å². The van der Waals surface area contributed by atoms with E-state index in [0.717, 1.165) is 0 Å². The normalized spacial score (nSPS) is 6.46. The summed E-state index contributed by atoms with van der Waals surface area (Å²) in [4.78, 5) is 0. The van der Waals surface area contributed by atoms with E-state index in [1.807, 2.05) is 0 Å². The Morgan fingerprint density at radius 2 is 0.375 bits per heavy atom. The molecule has 0 unspecified atom stereocenters. The van der Waals surface area contributed by atoms with Gasteiger partial charge in [-0.3, -0.25) is 5.41 Å². The molecule has 0 aliphatic heterocycles. The lowest BCUT2D eigenvalue weighted by atomic mass is 10.5. The second kappa shape index (κ2) is 32.7. The summed E-state index contributed by atoms with van der Waals surface area (Å²) >= 11 is 0. The van der Waals surface area contributed by atoms with Crippen molar-refractivity contribution >= 4 is 34.4 Å². The van der Waals surface area contributed by atoms with Crippen LogP contribution in [0, 0.1) is 32.5 Å². The SMILES string of the molecule is CC(=N)N.CC(C)=N.CC(C)=N.CC(C)=N.CC(C)=N.CC(C)=N. The smallest absolute Gasteiger partial charge is 0.0873 e. The molecule has 0 heterocycles. The van der Waals surface area contributed by atoms with E-state index < -0.39 is 0 Å². The molecule has 24 heavy (non-hydrogen) atoms. The predicted octanol–water partition coefficient (Wildman–Crippen LogP) is 5.17. The van der Waals surface area contributed by atoms with Crippen LogP contribution in [-0.4, -0.2) is 34.4 Å². The molecule has 0 fully saturated rings. The number of hydrogen-bond donors (Lipinski definition) is 7. The Balaban J connectivity index is -0.0000000405. The molecule has 0 aromatic heterocycles. The molecule has 8 N–H and O–H groups in total. The van der Waals surface area contributed by atoms with Gasteiger partial charge in [0.05, 0.1) is 5.84 Å². The van der Waals surface area contributed by atoms with Crippen molar-refractivity contribution < 1.29 is 0 Å². The van der Waals surface area contributed by atoms with Crippen molar-refractivity contribution in [3.63, 3.8) is 0 Å². The molecule has 0 rings (SSSR count). The van der Waals surface area contributed by atoms with Crippen molar-refractivity contribution in [3.05, 3.63) is 0 Å². The molecule has 0 atom stereocenters. The maximum atomic E-state index is 6.50. The predicted molar refractivity (Wildman–Crippen MR) is 113 cm³/mol. The summed E-state index contributed by atoms with van der Waals surface area (Å²) in [7, 11) is 0. The van der Waals surface area contributed by atoms with Crippen molar-refractivity contribution in [2.45, 2.75) is 76.2 Å². The summed E-state index contributed by atoms with van der Waals surface area (Å²) in [6, 6.07) is 0. The number of nitrogens with one attached hydrogen (secondary N) is 6. The molecule has 0 amide bonds. The van der Waals surface area contributed by atoms with Crippen molar-refractivity contribution in [1.29, 1.82) is 32.5 Å². The standard InChI is InChI=1S/5C3H7N.C2H6N2/c5*1-3(2)4;1-2(3)4/h5*4H,1-2H3;1H3,(H3,3,4). The van der Waals surface area contributed by atoms with Crippen LogP contribution in [0.1, 0.15) is 76.2 Å². The van der Waals surface area contributed by atoms with Crippen molar-refractivity contribution in [1.82, 2.24) is 0 Å². The van der Waals surface area contributed by atoms with Gasteiger partial charge in [-0.1, -0.05) is 0 Å². The molecule has 0 aromatic carbocycles. The highest BCUT2D eigenvalue weighted by Gasteiger charge is 1.56. The zero-order valence-corrected chi connectivity index (χ0v) is 17.6. The average Bonchev–Trinajstić information content (AvgIpc) is 2.08. The topological polar surface area (TPSA) is 169 Å². The summed E-state index contributed by atoms with van der Waals surface area (Å²) < 4.78 is 0. The summed E-state index contributed by atoms with van der Waals surface area (Å²) in [6.45, 7) is 19.0. The van der Waals surface area contributed by atoms with Gasteiger partial charge in [-0.25, -0.2) is 0 Å². The van der Waals surface area contributed by atoms with Gasteiger partial charge in [0.25, 0.3) is 0 Å². The number of nitrogens with two attached hydrogens (primary N) is 1. The molecule has 0 aliphatic carbocycles. The number of amidine groups is 1. The van der Waals surface area contributed by atoms with Crippen LogP contribution in [0.3, 0.4) is 0 Å². The van der Waals surface area contributed by atoms with Gasteiger partial charge in [0.1, 0.15) is 0 Å². The quantitative estimate of drug-likeness (QED) is 0.234. The maximum Gasteiger partial charge on any atom is 0.0873 e. The van der Waals surface area contributed by atoms with E-state index in [0.29, 0.717) is 28.6 Å². The van der Waals surface area contributed by atoms with E-state index in [4.69, 9.17) is 38.2 Å². The Bertz CT molecular complexity index is 252. The number of hydrogen-bond acceptors (Lipinski definition) is 6. The first kappa shape index (κ1) is 37.8. The summed E-state index contributed by atoms with van der Waals surface area (Å²) in [5.41, 5.74) is 8.03. The molecule has 0 radical (unpaired) electrons. The molecule has 0 aromatic rings. The first-order chi connectivity index (χ1) is 10.4. The third kappa shape index (κ3) is 1480. The fourth-order valence-corrected chi connectivity index (χ4v) is 0. The Kier molecular flexibility index (Phi) is 51.5. The van der Waals surface area contributed by atoms with Crippen LogP contribution in [0.2, 0.25) is 0 Å². The van der Waals surface area contributed by atoms with E-state index in [2.05, 4.69) is 0 Å². The molecule has 7 nitrogen and oxygen atoms in total. The van der Waals surface area contributed by atoms with Gasteiger partial charge in [-0.15, -0.1) is 0 Å². The van der Waals surface area contributed by atoms with Gasteiger partial charge in [-0.2, -0.15) is 0 Å². The molecule has 144 valence electrons. The van der Waals surface area contributed by atoms with Crippen molar-refractivity contribution in [2.75, 3.05) is 0 Å². The minimum Gasteiger partial charge on any atom is -0.388 e. The molecule has 0 bridgehead atoms. The van der Waals surface area contributed by atoms with Gasteiger partial charge in [0.2, 0.25) is 0 Å². The van der Waals surface area contributed by atoms with Crippen LogP contribution < -0.4 is 5.73 Å². The molecule has 0 spiro atoms. The Morgan fingerprint density at radius 3 is 0.375 bits per heavy atom. The van der Waals surface area contributed by atoms with E-state index in [1.54, 1.807) is 69.2 Å². The Labute approximate surface area is 149 Å². The largest absolute Gasteiger partial charge is 0.388 e. The van der Waals surface area contributed by atoms with Crippen LogP contribution in [0.25, 0.3) is 0 Å². The van der Waals surface area contributed by atoms with Crippen LogP contribution in [0.5, 0.6) is 0 Å². The summed E-state index contributed by atoms with van der Waals surface area (Å²) in [5, 5.41) is 38.8. The lowest BCUT2D eigenvalue weighted by Gasteiger charge is -1.66. The molecule has 0 aliphatic rings. The third-order valence-electron chi connectivity index (χ3n) is 0. The van der Waals surface area contributed by atoms with Crippen LogP contribution in [0.4, 0.5) is 0 Å². The lowest BCUT2D eigenvalue weighted by molar-refractivity contribution is 1.42. The molecule has 7 heteroatoms. The van der Waals surface area contributed by atoms with Crippen LogP contribution in [-0.2, 0) is 0 Å². The summed E-state index contributed by atoms with van der Waals surface area (Å²) in [5.74, 6) is 0.167. The highest BCUT2D eigenvalue weighted by atomic mass is 14.7. The zero-order valence-electron chi connectivity index (χ0n) is 17.6. The van der Waals surface area contributed by atoms with Crippen LogP contribution in [0.15, 0.2) is 0 Å². The Morgan fingerprint density at radius 1 is 0.375 bits per heavy atom. The van der Waals surface area contributed by atoms with Gasteiger partial charge in [0.15, 0.2) is 0 Å². The van der Waals surface area contributed by atoms with Gasteiger partial charge >= 0.3 is 0 Å². The summed E-state index contributed by atoms with van der Waals surface area (Å²) in [6.07, 6.45) is 0. The highest BCUT2D eigenvalue weighted by molar-refractivity contribution is 5.76. The fourth-order valence-electron chi connectivity index (χ4n) is 0. The van der Waals surface area contributed by atoms with Gasteiger partial charge in [-0.05, 0) is 76.2 Å². The van der Waals surface area contributed by atoms with Crippen molar-refractivity contribution in [2.24, 2.45) is 5.73 Å². The molecular formula is C17H41N7. The van der Waals surface area contributed by atoms with E-state index >= 15 is 0 Å². The molecular weight excluding hydrogens is 302 g/mol. The molecule has 0 saturated heterocycles. The van der Waals surface area contributed by atoms with Crippen LogP contribution >= 0.6 is 0 Å². The van der Waals surface area contributed by atoms with Crippen molar-refractivity contribution in [3.8, 4) is 0 Å². The number of rotatable bonds is 0. The van der Waals surface area contributed by atoms with E-state index in [9.17, 15) is 0 Å². The fraction of sp³-hybridized carbons (Fsp3) is 0.647. The lowest BCUT2D eigenvalue weighted by Crippen LogP contribution is -2.00. The third-order valence-corrected chi connectivity index (χ3v) is 0. The monoisotopic (exact) mass is 343 g/mol. The minimum atomic E-state index is 0.167.